The third-order valence-electron chi connectivity index (χ3n) is 3.45. The van der Waals surface area contributed by atoms with Gasteiger partial charge >= 0.3 is 0 Å². The third kappa shape index (κ3) is 3.15. The van der Waals surface area contributed by atoms with Gasteiger partial charge in [-0.15, -0.1) is 0 Å². The quantitative estimate of drug-likeness (QED) is 0.909. The molecule has 1 heterocycles. The summed E-state index contributed by atoms with van der Waals surface area (Å²) >= 11 is 0. The first kappa shape index (κ1) is 15.3. The zero-order valence-electron chi connectivity index (χ0n) is 12.9. The Kier molecular flexibility index (Phi) is 4.16. The fourth-order valence-electron chi connectivity index (χ4n) is 2.22. The monoisotopic (exact) mass is 287 g/mol. The predicted molar refractivity (Wildman–Crippen MR) is 83.4 cm³/mol. The predicted octanol–water partition coefficient (Wildman–Crippen LogP) is 3.03. The summed E-state index contributed by atoms with van der Waals surface area (Å²) in [4.78, 5) is 24.4. The van der Waals surface area contributed by atoms with Gasteiger partial charge < -0.3 is 9.73 Å². The number of carbonyl (C=O) groups excluding carboxylic acids is 1. The first-order valence-electron chi connectivity index (χ1n) is 7.11. The molecule has 112 valence electrons. The van der Waals surface area contributed by atoms with Crippen LogP contribution >= 0.6 is 0 Å². The normalized spacial score (nSPS) is 14.8. The molecule has 1 amide bonds. The lowest BCUT2D eigenvalue weighted by Crippen LogP contribution is -2.28. The molecule has 0 spiro atoms. The maximum atomic E-state index is 12.4. The molecular weight excluding hydrogens is 266 g/mol. The molecule has 0 radical (unpaired) electrons. The highest BCUT2D eigenvalue weighted by Gasteiger charge is 2.25. The molecule has 0 aromatic carbocycles. The second-order valence-corrected chi connectivity index (χ2v) is 6.17. The zero-order chi connectivity index (χ0) is 15.6. The average Bonchev–Trinajstić information content (AvgIpc) is 2.45. The van der Waals surface area contributed by atoms with E-state index in [9.17, 15) is 9.59 Å². The van der Waals surface area contributed by atoms with Crippen molar-refractivity contribution >= 4 is 11.5 Å². The fraction of sp³-hybridized carbons (Fsp3) is 0.412. The van der Waals surface area contributed by atoms with Crippen LogP contribution in [0.4, 0.5) is 0 Å². The van der Waals surface area contributed by atoms with Crippen LogP contribution in [0.3, 0.4) is 0 Å². The van der Waals surface area contributed by atoms with Gasteiger partial charge in [-0.25, -0.2) is 0 Å². The van der Waals surface area contributed by atoms with Crippen molar-refractivity contribution in [3.05, 3.63) is 51.6 Å². The molecule has 21 heavy (non-hydrogen) atoms. The van der Waals surface area contributed by atoms with Crippen molar-refractivity contribution < 1.29 is 9.21 Å². The van der Waals surface area contributed by atoms with E-state index in [0.29, 0.717) is 11.5 Å². The van der Waals surface area contributed by atoms with Gasteiger partial charge in [-0.3, -0.25) is 9.59 Å². The summed E-state index contributed by atoms with van der Waals surface area (Å²) in [6.07, 6.45) is 7.52. The Bertz CT molecular complexity index is 672. The van der Waals surface area contributed by atoms with Gasteiger partial charge in [0, 0.05) is 18.5 Å². The van der Waals surface area contributed by atoms with Crippen molar-refractivity contribution in [2.24, 2.45) is 0 Å². The van der Waals surface area contributed by atoms with Crippen LogP contribution in [0.15, 0.2) is 33.5 Å². The molecule has 4 heteroatoms. The first-order chi connectivity index (χ1) is 9.84. The minimum Gasteiger partial charge on any atom is -0.460 e. The van der Waals surface area contributed by atoms with Crippen LogP contribution in [-0.4, -0.2) is 13.0 Å². The molecule has 4 nitrogen and oxygen atoms in total. The van der Waals surface area contributed by atoms with Gasteiger partial charge in [-0.05, 0) is 18.4 Å². The summed E-state index contributed by atoms with van der Waals surface area (Å²) in [6, 6.07) is 1.42. The highest BCUT2D eigenvalue weighted by molar-refractivity contribution is 5.98. The molecule has 0 fully saturated rings. The fourth-order valence-corrected chi connectivity index (χ4v) is 2.22. The van der Waals surface area contributed by atoms with Crippen molar-refractivity contribution in [2.45, 2.75) is 39.0 Å². The Hall–Kier alpha value is -2.10. The van der Waals surface area contributed by atoms with Gasteiger partial charge in [0.1, 0.15) is 17.1 Å². The van der Waals surface area contributed by atoms with Crippen LogP contribution in [0, 0.1) is 0 Å². The lowest BCUT2D eigenvalue weighted by atomic mass is 9.91. The minimum absolute atomic E-state index is 0.0899. The summed E-state index contributed by atoms with van der Waals surface area (Å²) in [5.41, 5.74) is 0.391. The Labute approximate surface area is 124 Å². The number of allylic oxidation sites excluding steroid dienone is 4. The zero-order valence-corrected chi connectivity index (χ0v) is 12.9. The lowest BCUT2D eigenvalue weighted by molar-refractivity contribution is 0.0958. The highest BCUT2D eigenvalue weighted by Crippen LogP contribution is 2.29. The number of carbonyl (C=O) groups is 1. The second-order valence-electron chi connectivity index (χ2n) is 6.17. The second kappa shape index (κ2) is 5.72. The van der Waals surface area contributed by atoms with Crippen LogP contribution < -0.4 is 10.7 Å². The Morgan fingerprint density at radius 2 is 2.05 bits per heavy atom. The standard InChI is InChI=1S/C17H21NO3/c1-17(2,3)13-10-12(19)14(16(20)18-4)15(21-13)11-8-6-5-7-9-11/h5-6,8,10H,7,9H2,1-4H3,(H,18,20). The summed E-state index contributed by atoms with van der Waals surface area (Å²) < 4.78 is 5.95. The Morgan fingerprint density at radius 1 is 1.33 bits per heavy atom. The van der Waals surface area contributed by atoms with E-state index < -0.39 is 5.91 Å². The van der Waals surface area contributed by atoms with E-state index in [1.165, 1.54) is 13.1 Å². The van der Waals surface area contributed by atoms with Gasteiger partial charge in [0.15, 0.2) is 5.43 Å². The SMILES string of the molecule is CNC(=O)c1c(C2=CC=CCC2)oc(C(C)(C)C)cc1=O. The summed E-state index contributed by atoms with van der Waals surface area (Å²) in [5, 5.41) is 2.52. The molecule has 0 bridgehead atoms. The number of hydrogen-bond donors (Lipinski definition) is 1. The maximum Gasteiger partial charge on any atom is 0.258 e. The molecular formula is C17H21NO3. The number of nitrogens with one attached hydrogen (secondary N) is 1. The molecule has 0 saturated carbocycles. The van der Waals surface area contributed by atoms with Crippen molar-refractivity contribution in [1.29, 1.82) is 0 Å². The van der Waals surface area contributed by atoms with Crippen LogP contribution in [-0.2, 0) is 5.41 Å². The van der Waals surface area contributed by atoms with E-state index in [-0.39, 0.29) is 16.4 Å². The van der Waals surface area contributed by atoms with Crippen molar-refractivity contribution in [3.8, 4) is 0 Å². The van der Waals surface area contributed by atoms with E-state index in [2.05, 4.69) is 11.4 Å². The lowest BCUT2D eigenvalue weighted by Gasteiger charge is -2.20. The van der Waals surface area contributed by atoms with Crippen LogP contribution in [0.25, 0.3) is 5.57 Å². The number of amides is 1. The summed E-state index contributed by atoms with van der Waals surface area (Å²) in [6.45, 7) is 5.93. The van der Waals surface area contributed by atoms with Crippen molar-refractivity contribution in [3.63, 3.8) is 0 Å². The van der Waals surface area contributed by atoms with Gasteiger partial charge in [0.05, 0.1) is 0 Å². The van der Waals surface area contributed by atoms with Crippen LogP contribution in [0.2, 0.25) is 0 Å². The average molecular weight is 287 g/mol. The molecule has 1 aromatic heterocycles. The van der Waals surface area contributed by atoms with Crippen molar-refractivity contribution in [2.75, 3.05) is 7.05 Å². The highest BCUT2D eigenvalue weighted by atomic mass is 16.3. The molecule has 1 aliphatic rings. The molecule has 1 N–H and O–H groups in total. The third-order valence-corrected chi connectivity index (χ3v) is 3.45. The van der Waals surface area contributed by atoms with E-state index in [4.69, 9.17) is 4.42 Å². The molecule has 0 saturated heterocycles. The number of hydrogen-bond acceptors (Lipinski definition) is 3. The van der Waals surface area contributed by atoms with E-state index in [1.807, 2.05) is 32.9 Å². The van der Waals surface area contributed by atoms with E-state index in [1.54, 1.807) is 0 Å². The maximum absolute atomic E-state index is 12.4. The van der Waals surface area contributed by atoms with Gasteiger partial charge in [0.2, 0.25) is 0 Å². The minimum atomic E-state index is -0.408. The topological polar surface area (TPSA) is 59.3 Å². The molecule has 0 atom stereocenters. The van der Waals surface area contributed by atoms with Crippen LogP contribution in [0.5, 0.6) is 0 Å². The summed E-state index contributed by atoms with van der Waals surface area (Å²) in [7, 11) is 1.51. The molecule has 1 aromatic rings. The Morgan fingerprint density at radius 3 is 2.57 bits per heavy atom. The molecule has 2 rings (SSSR count). The van der Waals surface area contributed by atoms with E-state index >= 15 is 0 Å². The Balaban J connectivity index is 2.71. The van der Waals surface area contributed by atoms with E-state index in [0.717, 1.165) is 18.4 Å². The molecule has 0 aliphatic heterocycles. The largest absolute Gasteiger partial charge is 0.460 e. The smallest absolute Gasteiger partial charge is 0.258 e. The number of rotatable bonds is 2. The summed E-state index contributed by atoms with van der Waals surface area (Å²) in [5.74, 6) is 0.580. The van der Waals surface area contributed by atoms with Gasteiger partial charge in [-0.1, -0.05) is 39.0 Å². The van der Waals surface area contributed by atoms with Gasteiger partial charge in [-0.2, -0.15) is 0 Å². The van der Waals surface area contributed by atoms with Gasteiger partial charge in [0.25, 0.3) is 5.91 Å². The first-order valence-corrected chi connectivity index (χ1v) is 7.11. The molecule has 0 unspecified atom stereocenters. The van der Waals surface area contributed by atoms with Crippen molar-refractivity contribution in [1.82, 2.24) is 5.32 Å². The molecule has 1 aliphatic carbocycles. The van der Waals surface area contributed by atoms with Crippen LogP contribution in [0.1, 0.15) is 55.5 Å².